The van der Waals surface area contributed by atoms with E-state index in [1.54, 1.807) is 6.92 Å². The van der Waals surface area contributed by atoms with Gasteiger partial charge in [-0.2, -0.15) is 0 Å². The van der Waals surface area contributed by atoms with Crippen LogP contribution in [0.4, 0.5) is 0 Å². The summed E-state index contributed by atoms with van der Waals surface area (Å²) in [6.45, 7) is 1.63. The number of carbonyl (C=O) groups is 1. The largest absolute Gasteiger partial charge is 0.451 e. The van der Waals surface area contributed by atoms with Gasteiger partial charge in [-0.3, -0.25) is 0 Å². The molecule has 0 radical (unpaired) electrons. The Morgan fingerprint density at radius 2 is 2.17 bits per heavy atom. The van der Waals surface area contributed by atoms with Gasteiger partial charge in [0.1, 0.15) is 6.10 Å². The monoisotopic (exact) mass is 260 g/mol. The Kier molecular flexibility index (Phi) is 2.34. The molecule has 0 aromatic rings. The van der Waals surface area contributed by atoms with Gasteiger partial charge in [-0.15, -0.1) is 0 Å². The van der Waals surface area contributed by atoms with Crippen molar-refractivity contribution < 1.29 is 34.0 Å². The third-order valence-electron chi connectivity index (χ3n) is 4.08. The molecule has 2 N–H and O–H groups in total. The molecule has 0 amide bonds. The summed E-state index contributed by atoms with van der Waals surface area (Å²) in [6, 6.07) is 0. The van der Waals surface area contributed by atoms with E-state index in [4.69, 9.17) is 18.9 Å². The molecule has 7 heteroatoms. The van der Waals surface area contributed by atoms with Gasteiger partial charge in [0.2, 0.25) is 5.60 Å². The van der Waals surface area contributed by atoms with E-state index in [1.807, 2.05) is 0 Å². The summed E-state index contributed by atoms with van der Waals surface area (Å²) in [5, 5.41) is 20.3. The number of hydrogen-bond acceptors (Lipinski definition) is 7. The van der Waals surface area contributed by atoms with E-state index in [-0.39, 0.29) is 13.0 Å². The van der Waals surface area contributed by atoms with Crippen LogP contribution in [-0.2, 0) is 23.7 Å². The van der Waals surface area contributed by atoms with Crippen molar-refractivity contribution >= 4 is 5.97 Å². The van der Waals surface area contributed by atoms with Crippen molar-refractivity contribution in [3.8, 4) is 0 Å². The van der Waals surface area contributed by atoms with Crippen LogP contribution in [0.1, 0.15) is 19.8 Å². The third kappa shape index (κ3) is 1.23. The van der Waals surface area contributed by atoms with Crippen LogP contribution in [0.15, 0.2) is 0 Å². The lowest BCUT2D eigenvalue weighted by Gasteiger charge is -2.47. The molecule has 18 heavy (non-hydrogen) atoms. The van der Waals surface area contributed by atoms with Crippen LogP contribution in [0.5, 0.6) is 0 Å². The molecular formula is C11H16O7. The zero-order valence-electron chi connectivity index (χ0n) is 10.2. The number of aliphatic hydroxyl groups is 2. The summed E-state index contributed by atoms with van der Waals surface area (Å²) >= 11 is 0. The van der Waals surface area contributed by atoms with E-state index < -0.39 is 35.4 Å². The summed E-state index contributed by atoms with van der Waals surface area (Å²) in [6.07, 6.45) is -1.62. The molecule has 3 aliphatic heterocycles. The van der Waals surface area contributed by atoms with E-state index in [1.165, 1.54) is 7.11 Å². The number of esters is 1. The molecule has 0 aromatic heterocycles. The molecule has 7 nitrogen and oxygen atoms in total. The second-order valence-corrected chi connectivity index (χ2v) is 5.17. The number of carbonyl (C=O) groups excluding carboxylic acids is 1. The van der Waals surface area contributed by atoms with E-state index >= 15 is 0 Å². The highest BCUT2D eigenvalue weighted by Crippen LogP contribution is 2.53. The van der Waals surface area contributed by atoms with E-state index in [0.717, 1.165) is 0 Å². The van der Waals surface area contributed by atoms with Gasteiger partial charge < -0.3 is 29.2 Å². The maximum Gasteiger partial charge on any atom is 0.344 e. The van der Waals surface area contributed by atoms with Gasteiger partial charge in [-0.25, -0.2) is 4.79 Å². The van der Waals surface area contributed by atoms with Gasteiger partial charge in [-0.1, -0.05) is 0 Å². The first-order valence-corrected chi connectivity index (χ1v) is 5.88. The lowest BCUT2D eigenvalue weighted by atomic mass is 9.82. The predicted molar refractivity (Wildman–Crippen MR) is 55.3 cm³/mol. The zero-order valence-corrected chi connectivity index (χ0v) is 10.2. The molecule has 0 aliphatic carbocycles. The molecular weight excluding hydrogens is 244 g/mol. The molecule has 0 unspecified atom stereocenters. The first kappa shape index (κ1) is 12.3. The second kappa shape index (κ2) is 3.43. The summed E-state index contributed by atoms with van der Waals surface area (Å²) in [4.78, 5) is 11.8. The van der Waals surface area contributed by atoms with Crippen molar-refractivity contribution in [1.29, 1.82) is 0 Å². The lowest BCUT2D eigenvalue weighted by molar-refractivity contribution is -0.401. The maximum absolute atomic E-state index is 11.8. The minimum atomic E-state index is -1.88. The van der Waals surface area contributed by atoms with Crippen LogP contribution in [0, 0.1) is 0 Å². The van der Waals surface area contributed by atoms with Gasteiger partial charge in [0.25, 0.3) is 5.79 Å². The molecule has 3 fully saturated rings. The Morgan fingerprint density at radius 1 is 1.44 bits per heavy atom. The fourth-order valence-corrected chi connectivity index (χ4v) is 2.87. The summed E-state index contributed by atoms with van der Waals surface area (Å²) < 4.78 is 21.4. The fourth-order valence-electron chi connectivity index (χ4n) is 2.87. The molecule has 3 aliphatic rings. The molecule has 5 atom stereocenters. The number of hydrogen-bond donors (Lipinski definition) is 2. The zero-order chi connectivity index (χ0) is 13.2. The predicted octanol–water partition coefficient (Wildman–Crippen LogP) is -1.10. The Bertz CT molecular complexity index is 399. The van der Waals surface area contributed by atoms with Crippen LogP contribution < -0.4 is 0 Å². The molecule has 3 heterocycles. The Balaban J connectivity index is 2.04. The second-order valence-electron chi connectivity index (χ2n) is 5.17. The molecule has 0 bridgehead atoms. The van der Waals surface area contributed by atoms with E-state index in [9.17, 15) is 15.0 Å². The van der Waals surface area contributed by atoms with Crippen molar-refractivity contribution in [3.63, 3.8) is 0 Å². The molecule has 102 valence electrons. The molecule has 0 aromatic carbocycles. The lowest BCUT2D eigenvalue weighted by Crippen LogP contribution is -2.66. The average Bonchev–Trinajstić information content (AvgIpc) is 2.75. The Hall–Kier alpha value is -0.730. The molecule has 3 saturated heterocycles. The number of ether oxygens (including phenoxy) is 4. The average molecular weight is 260 g/mol. The first-order valence-electron chi connectivity index (χ1n) is 5.88. The minimum absolute atomic E-state index is 0.0555. The highest BCUT2D eigenvalue weighted by atomic mass is 16.8. The van der Waals surface area contributed by atoms with Gasteiger partial charge >= 0.3 is 5.97 Å². The van der Waals surface area contributed by atoms with E-state index in [2.05, 4.69) is 0 Å². The van der Waals surface area contributed by atoms with Crippen molar-refractivity contribution in [2.75, 3.05) is 13.7 Å². The highest BCUT2D eigenvalue weighted by Gasteiger charge is 2.77. The topological polar surface area (TPSA) is 94.5 Å². The van der Waals surface area contributed by atoms with Crippen LogP contribution in [0.2, 0.25) is 0 Å². The Labute approximate surface area is 104 Å². The highest BCUT2D eigenvalue weighted by molar-refractivity contribution is 5.84. The van der Waals surface area contributed by atoms with Gasteiger partial charge in [0.15, 0.2) is 11.9 Å². The minimum Gasteiger partial charge on any atom is -0.451 e. The maximum atomic E-state index is 11.8. The van der Waals surface area contributed by atoms with E-state index in [0.29, 0.717) is 6.42 Å². The molecule has 0 saturated carbocycles. The van der Waals surface area contributed by atoms with Crippen molar-refractivity contribution in [1.82, 2.24) is 0 Å². The fraction of sp³-hybridized carbons (Fsp3) is 0.909. The van der Waals surface area contributed by atoms with Gasteiger partial charge in [-0.05, 0) is 13.3 Å². The smallest absolute Gasteiger partial charge is 0.344 e. The van der Waals surface area contributed by atoms with Crippen LogP contribution in [0.3, 0.4) is 0 Å². The third-order valence-corrected chi connectivity index (χ3v) is 4.08. The van der Waals surface area contributed by atoms with Crippen LogP contribution >= 0.6 is 0 Å². The SMILES string of the molecule is CO[C@@]1(C)CC[C@@]2(O)C(=O)O[C@H]3[C@@H](O)CO[C@]32O1. The van der Waals surface area contributed by atoms with Crippen molar-refractivity contribution in [2.24, 2.45) is 0 Å². The van der Waals surface area contributed by atoms with Crippen molar-refractivity contribution in [2.45, 2.75) is 49.1 Å². The molecule has 1 spiro atoms. The normalized spacial score (nSPS) is 55.0. The number of aliphatic hydroxyl groups excluding tert-OH is 1. The summed E-state index contributed by atoms with van der Waals surface area (Å²) in [5.41, 5.74) is -1.88. The van der Waals surface area contributed by atoms with Gasteiger partial charge in [0.05, 0.1) is 6.61 Å². The summed E-state index contributed by atoms with van der Waals surface area (Å²) in [5.74, 6) is -3.47. The Morgan fingerprint density at radius 3 is 2.83 bits per heavy atom. The van der Waals surface area contributed by atoms with Crippen molar-refractivity contribution in [3.05, 3.63) is 0 Å². The van der Waals surface area contributed by atoms with Gasteiger partial charge in [0, 0.05) is 13.5 Å². The first-order chi connectivity index (χ1) is 8.37. The quantitative estimate of drug-likeness (QED) is 0.578. The number of methoxy groups -OCH3 is 1. The summed E-state index contributed by atoms with van der Waals surface area (Å²) in [7, 11) is 1.47. The van der Waals surface area contributed by atoms with Crippen LogP contribution in [-0.4, -0.2) is 59.3 Å². The number of rotatable bonds is 1. The standard InChI is InChI=1S/C11H16O7/c1-9(15-2)3-4-10(14)8(13)17-7-6(12)5-16-11(7,10)18-9/h6-7,12,14H,3-5H2,1-2H3/t6-,7-,9+,10+,11-/m0/s1. The molecule has 3 rings (SSSR count). The van der Waals surface area contributed by atoms with Crippen LogP contribution in [0.25, 0.3) is 0 Å².